The molecule has 2 aromatic carbocycles. The average molecular weight is 441 g/mol. The normalized spacial score (nSPS) is 10.6. The molecule has 32 heavy (non-hydrogen) atoms. The smallest absolute Gasteiger partial charge is 0.342 e. The van der Waals surface area contributed by atoms with E-state index in [0.717, 1.165) is 9.13 Å². The van der Waals surface area contributed by atoms with Crippen molar-refractivity contribution >= 4 is 17.6 Å². The van der Waals surface area contributed by atoms with Gasteiger partial charge in [0.25, 0.3) is 5.56 Å². The van der Waals surface area contributed by atoms with Crippen molar-refractivity contribution in [2.24, 2.45) is 14.1 Å². The minimum Gasteiger partial charge on any atom is -0.488 e. The summed E-state index contributed by atoms with van der Waals surface area (Å²) in [7, 11) is 2.52. The van der Waals surface area contributed by atoms with Crippen molar-refractivity contribution in [3.8, 4) is 5.75 Å². The molecule has 0 atom stereocenters. The molecule has 0 bridgehead atoms. The van der Waals surface area contributed by atoms with Gasteiger partial charge in [-0.25, -0.2) is 14.0 Å². The highest BCUT2D eigenvalue weighted by Gasteiger charge is 2.22. The van der Waals surface area contributed by atoms with Crippen LogP contribution in [0.3, 0.4) is 0 Å². The molecule has 0 aliphatic carbocycles. The Kier molecular flexibility index (Phi) is 6.53. The van der Waals surface area contributed by atoms with Crippen LogP contribution in [0, 0.1) is 5.82 Å². The van der Waals surface area contributed by atoms with Crippen molar-refractivity contribution in [3.63, 3.8) is 0 Å². The van der Waals surface area contributed by atoms with Crippen LogP contribution in [0.15, 0.2) is 58.1 Å². The second-order valence-electron chi connectivity index (χ2n) is 6.88. The molecule has 10 heteroatoms. The third-order valence-corrected chi connectivity index (χ3v) is 4.74. The van der Waals surface area contributed by atoms with Crippen LogP contribution < -0.4 is 21.7 Å². The predicted octanol–water partition coefficient (Wildman–Crippen LogP) is 1.42. The number of hydrogen-bond acceptors (Lipinski definition) is 7. The highest BCUT2D eigenvalue weighted by molar-refractivity contribution is 6.02. The van der Waals surface area contributed by atoms with Gasteiger partial charge in [-0.1, -0.05) is 24.3 Å². The van der Waals surface area contributed by atoms with E-state index in [-0.39, 0.29) is 29.6 Å². The van der Waals surface area contributed by atoms with E-state index >= 15 is 0 Å². The molecular formula is C22H20FN3O6. The lowest BCUT2D eigenvalue weighted by atomic mass is 10.2. The SMILES string of the molecule is Cn1c(N)c(C(=O)COC(=O)c2ccccc2OCc2ccc(F)cc2)c(=O)n(C)c1=O. The molecule has 0 spiro atoms. The number of anilines is 1. The minimum atomic E-state index is -0.880. The number of rotatable bonds is 7. The van der Waals surface area contributed by atoms with Crippen molar-refractivity contribution in [1.82, 2.24) is 9.13 Å². The van der Waals surface area contributed by atoms with E-state index in [0.29, 0.717) is 5.56 Å². The third-order valence-electron chi connectivity index (χ3n) is 4.74. The molecule has 3 rings (SSSR count). The van der Waals surface area contributed by atoms with E-state index in [1.165, 1.54) is 32.3 Å². The van der Waals surface area contributed by atoms with E-state index in [2.05, 4.69) is 0 Å². The number of halogens is 1. The van der Waals surface area contributed by atoms with Gasteiger partial charge < -0.3 is 15.2 Å². The lowest BCUT2D eigenvalue weighted by Gasteiger charge is -2.12. The molecule has 3 aromatic rings. The fraction of sp³-hybridized carbons (Fsp3) is 0.182. The molecule has 2 N–H and O–H groups in total. The quantitative estimate of drug-likeness (QED) is 0.435. The largest absolute Gasteiger partial charge is 0.488 e. The summed E-state index contributed by atoms with van der Waals surface area (Å²) in [6, 6.07) is 11.9. The van der Waals surface area contributed by atoms with Crippen LogP contribution in [0.4, 0.5) is 10.2 Å². The number of nitrogens with two attached hydrogens (primary N) is 1. The second-order valence-corrected chi connectivity index (χ2v) is 6.88. The van der Waals surface area contributed by atoms with Crippen LogP contribution in [-0.4, -0.2) is 27.5 Å². The van der Waals surface area contributed by atoms with Gasteiger partial charge in [-0.3, -0.25) is 18.7 Å². The highest BCUT2D eigenvalue weighted by atomic mass is 19.1. The molecule has 9 nitrogen and oxygen atoms in total. The van der Waals surface area contributed by atoms with Gasteiger partial charge in [0.1, 0.15) is 35.1 Å². The highest BCUT2D eigenvalue weighted by Crippen LogP contribution is 2.21. The van der Waals surface area contributed by atoms with E-state index in [1.54, 1.807) is 30.3 Å². The number of nitrogen functional groups attached to an aromatic ring is 1. The molecule has 0 radical (unpaired) electrons. The maximum atomic E-state index is 13.0. The van der Waals surface area contributed by atoms with Gasteiger partial charge in [0.05, 0.1) is 0 Å². The Labute approximate surface area is 181 Å². The predicted molar refractivity (Wildman–Crippen MR) is 113 cm³/mol. The fourth-order valence-corrected chi connectivity index (χ4v) is 2.91. The Bertz CT molecular complexity index is 1290. The second kappa shape index (κ2) is 9.29. The van der Waals surface area contributed by atoms with Crippen LogP contribution in [0.2, 0.25) is 0 Å². The zero-order chi connectivity index (χ0) is 23.4. The van der Waals surface area contributed by atoms with Gasteiger partial charge in [-0.15, -0.1) is 0 Å². The first-order chi connectivity index (χ1) is 15.2. The summed E-state index contributed by atoms with van der Waals surface area (Å²) in [4.78, 5) is 49.2. The Morgan fingerprint density at radius 2 is 1.66 bits per heavy atom. The first-order valence-corrected chi connectivity index (χ1v) is 9.42. The van der Waals surface area contributed by atoms with Crippen molar-refractivity contribution in [2.45, 2.75) is 6.61 Å². The summed E-state index contributed by atoms with van der Waals surface area (Å²) >= 11 is 0. The molecule has 0 aliphatic heterocycles. The van der Waals surface area contributed by atoms with Crippen LogP contribution in [0.1, 0.15) is 26.3 Å². The Balaban J connectivity index is 1.73. The van der Waals surface area contributed by atoms with Crippen molar-refractivity contribution in [3.05, 3.63) is 91.9 Å². The zero-order valence-electron chi connectivity index (χ0n) is 17.3. The van der Waals surface area contributed by atoms with Crippen molar-refractivity contribution < 1.29 is 23.5 Å². The topological polar surface area (TPSA) is 123 Å². The number of para-hydroxylation sites is 1. The molecule has 0 saturated heterocycles. The number of hydrogen-bond donors (Lipinski definition) is 1. The Hall–Kier alpha value is -4.21. The van der Waals surface area contributed by atoms with Crippen molar-refractivity contribution in [1.29, 1.82) is 0 Å². The standard InChI is InChI=1S/C22H20FN3O6/c1-25-19(24)18(20(28)26(2)22(25)30)16(27)12-32-21(29)15-5-3-4-6-17(15)31-11-13-7-9-14(23)10-8-13/h3-10H,11-12,24H2,1-2H3. The van der Waals surface area contributed by atoms with Crippen molar-refractivity contribution in [2.75, 3.05) is 12.3 Å². The fourth-order valence-electron chi connectivity index (χ4n) is 2.91. The van der Waals surface area contributed by atoms with Crippen LogP contribution >= 0.6 is 0 Å². The molecule has 1 aromatic heterocycles. The van der Waals surface area contributed by atoms with Gasteiger partial charge in [0, 0.05) is 14.1 Å². The third kappa shape index (κ3) is 4.59. The lowest BCUT2D eigenvalue weighted by molar-refractivity contribution is 0.0469. The summed E-state index contributed by atoms with van der Waals surface area (Å²) in [6.45, 7) is -0.684. The van der Waals surface area contributed by atoms with Gasteiger partial charge in [-0.05, 0) is 29.8 Å². The number of Topliss-reactive ketones (excluding diaryl/α,β-unsaturated/α-hetero) is 1. The number of ether oxygens (including phenoxy) is 2. The average Bonchev–Trinajstić information content (AvgIpc) is 2.80. The molecule has 1 heterocycles. The van der Waals surface area contributed by atoms with Crippen LogP contribution in [0.25, 0.3) is 0 Å². The van der Waals surface area contributed by atoms with Crippen LogP contribution in [-0.2, 0) is 25.4 Å². The number of ketones is 1. The lowest BCUT2D eigenvalue weighted by Crippen LogP contribution is -2.42. The molecule has 166 valence electrons. The first kappa shape index (κ1) is 22.5. The van der Waals surface area contributed by atoms with Gasteiger partial charge in [-0.2, -0.15) is 0 Å². The molecule has 0 fully saturated rings. The summed E-state index contributed by atoms with van der Waals surface area (Å²) in [5.41, 5.74) is 4.48. The summed E-state index contributed by atoms with van der Waals surface area (Å²) in [5.74, 6) is -2.20. The number of carbonyl (C=O) groups excluding carboxylic acids is 2. The minimum absolute atomic E-state index is 0.0590. The summed E-state index contributed by atoms with van der Waals surface area (Å²) in [6.07, 6.45) is 0. The number of benzene rings is 2. The monoisotopic (exact) mass is 441 g/mol. The van der Waals surface area contributed by atoms with Gasteiger partial charge >= 0.3 is 11.7 Å². The van der Waals surface area contributed by atoms with E-state index in [1.807, 2.05) is 0 Å². The number of aromatic nitrogens is 2. The number of esters is 1. The van der Waals surface area contributed by atoms with Gasteiger partial charge in [0.2, 0.25) is 5.78 Å². The van der Waals surface area contributed by atoms with Gasteiger partial charge in [0.15, 0.2) is 6.61 Å². The van der Waals surface area contributed by atoms with Crippen LogP contribution in [0.5, 0.6) is 5.75 Å². The van der Waals surface area contributed by atoms with E-state index in [9.17, 15) is 23.6 Å². The summed E-state index contributed by atoms with van der Waals surface area (Å²) < 4.78 is 25.4. The first-order valence-electron chi connectivity index (χ1n) is 9.42. The molecule has 0 unspecified atom stereocenters. The molecular weight excluding hydrogens is 421 g/mol. The molecule has 0 saturated carbocycles. The van der Waals surface area contributed by atoms with E-state index in [4.69, 9.17) is 15.2 Å². The zero-order valence-corrected chi connectivity index (χ0v) is 17.3. The maximum Gasteiger partial charge on any atom is 0.342 e. The Morgan fingerprint density at radius 3 is 2.34 bits per heavy atom. The van der Waals surface area contributed by atoms with E-state index < -0.39 is 35.2 Å². The number of carbonyl (C=O) groups is 2. The summed E-state index contributed by atoms with van der Waals surface area (Å²) in [5, 5.41) is 0. The maximum absolute atomic E-state index is 13.0. The molecule has 0 amide bonds. The number of nitrogens with zero attached hydrogens (tertiary/aromatic N) is 2. The Morgan fingerprint density at radius 1 is 1.00 bits per heavy atom. The molecule has 0 aliphatic rings.